The molecule has 308 valence electrons. The molecular formula is C45H44N6O7S2. The highest BCUT2D eigenvalue weighted by atomic mass is 32.2. The molecule has 1 saturated heterocycles. The van der Waals surface area contributed by atoms with Gasteiger partial charge in [0.1, 0.15) is 35.4 Å². The van der Waals surface area contributed by atoms with Crippen LogP contribution in [0.3, 0.4) is 0 Å². The van der Waals surface area contributed by atoms with Gasteiger partial charge in [0.05, 0.1) is 31.2 Å². The van der Waals surface area contributed by atoms with Crippen molar-refractivity contribution in [3.05, 3.63) is 132 Å². The summed E-state index contributed by atoms with van der Waals surface area (Å²) in [7, 11) is -1.25. The Morgan fingerprint density at radius 2 is 1.68 bits per heavy atom. The van der Waals surface area contributed by atoms with Crippen LogP contribution in [-0.2, 0) is 23.1 Å². The van der Waals surface area contributed by atoms with Crippen LogP contribution >= 0.6 is 11.5 Å². The lowest BCUT2D eigenvalue weighted by molar-refractivity contribution is 0.123. The number of methoxy groups -OCH3 is 2. The number of benzene rings is 5. The van der Waals surface area contributed by atoms with Crippen molar-refractivity contribution in [1.29, 1.82) is 5.26 Å². The molecule has 0 spiro atoms. The maximum absolute atomic E-state index is 14.4. The van der Waals surface area contributed by atoms with E-state index in [0.717, 1.165) is 69.5 Å². The summed E-state index contributed by atoms with van der Waals surface area (Å²) in [4.78, 5) is 16.8. The summed E-state index contributed by atoms with van der Waals surface area (Å²) in [5.74, 6) is 2.16. The number of hydrogen-bond acceptors (Lipinski definition) is 11. The van der Waals surface area contributed by atoms with Gasteiger partial charge in [-0.25, -0.2) is 22.5 Å². The molecule has 1 amide bonds. The Kier molecular flexibility index (Phi) is 13.2. The van der Waals surface area contributed by atoms with Gasteiger partial charge in [-0.3, -0.25) is 0 Å². The van der Waals surface area contributed by atoms with E-state index in [2.05, 4.69) is 38.9 Å². The molecule has 60 heavy (non-hydrogen) atoms. The third-order valence-electron chi connectivity index (χ3n) is 10.5. The van der Waals surface area contributed by atoms with Gasteiger partial charge in [-0.2, -0.15) is 9.64 Å². The number of piperidine rings is 1. The van der Waals surface area contributed by atoms with Crippen molar-refractivity contribution in [2.24, 2.45) is 5.92 Å². The van der Waals surface area contributed by atoms with Gasteiger partial charge < -0.3 is 29.5 Å². The van der Waals surface area contributed by atoms with Crippen LogP contribution in [0.15, 0.2) is 120 Å². The molecule has 1 aliphatic rings. The number of rotatable bonds is 16. The summed E-state index contributed by atoms with van der Waals surface area (Å²) in [5, 5.41) is 23.3. The van der Waals surface area contributed by atoms with Gasteiger partial charge in [-0.1, -0.05) is 54.6 Å². The second-order valence-electron chi connectivity index (χ2n) is 14.2. The van der Waals surface area contributed by atoms with E-state index in [0.29, 0.717) is 48.4 Å². The second kappa shape index (κ2) is 19.1. The highest BCUT2D eigenvalue weighted by Crippen LogP contribution is 2.39. The number of hydrogen-bond donors (Lipinski definition) is 2. The zero-order valence-electron chi connectivity index (χ0n) is 33.2. The van der Waals surface area contributed by atoms with Crippen LogP contribution < -0.4 is 23.8 Å². The van der Waals surface area contributed by atoms with Crippen LogP contribution in [0.25, 0.3) is 22.3 Å². The average molecular weight is 845 g/mol. The minimum absolute atomic E-state index is 0.0278. The van der Waals surface area contributed by atoms with Crippen LogP contribution in [0.2, 0.25) is 0 Å². The number of nitrogens with one attached hydrogen (secondary N) is 1. The molecule has 1 aliphatic heterocycles. The number of likely N-dealkylation sites (tertiary alicyclic amines) is 1. The van der Waals surface area contributed by atoms with Crippen LogP contribution in [-0.4, -0.2) is 67.7 Å². The van der Waals surface area contributed by atoms with Crippen molar-refractivity contribution in [1.82, 2.24) is 19.6 Å². The lowest BCUT2D eigenvalue weighted by Gasteiger charge is -2.30. The first-order valence-electron chi connectivity index (χ1n) is 19.4. The number of carbonyl (C=O) groups is 1. The molecule has 0 bridgehead atoms. The third kappa shape index (κ3) is 9.69. The number of carboxylic acid groups (broad SMARTS) is 1. The smallest absolute Gasteiger partial charge is 0.407 e. The second-order valence-corrected chi connectivity index (χ2v) is 16.9. The summed E-state index contributed by atoms with van der Waals surface area (Å²) >= 11 is 0.928. The van der Waals surface area contributed by atoms with E-state index < -0.39 is 16.1 Å². The Bertz CT molecular complexity index is 2580. The molecule has 0 aliphatic carbocycles. The molecule has 6 aromatic rings. The maximum atomic E-state index is 14.4. The summed E-state index contributed by atoms with van der Waals surface area (Å²) in [6.45, 7) is 2.50. The fourth-order valence-corrected chi connectivity index (χ4v) is 9.37. The molecule has 2 N–H and O–H groups in total. The fourth-order valence-electron chi connectivity index (χ4n) is 7.22. The van der Waals surface area contributed by atoms with Crippen molar-refractivity contribution >= 4 is 32.8 Å². The van der Waals surface area contributed by atoms with E-state index in [4.69, 9.17) is 14.2 Å². The first-order chi connectivity index (χ1) is 29.2. The predicted octanol–water partition coefficient (Wildman–Crippen LogP) is 8.82. The average Bonchev–Trinajstić information content (AvgIpc) is 3.82. The molecular weight excluding hydrogens is 801 g/mol. The van der Waals surface area contributed by atoms with Gasteiger partial charge >= 0.3 is 6.09 Å². The molecule has 13 nitrogen and oxygen atoms in total. The standard InChI is InChI=1S/C45H44N6O7S2/c1-56-38-13-11-36(43(26-38)57-2)29-51(44-48-30-49-59-44)60(54,55)39-14-16-41(37(24-39)27-46)58-42-15-12-34(33-8-4-3-5-9-33)25-40(42)35-10-6-7-32(23-35)28-47-20-17-31-18-21-50(22-19-31)45(52)53/h3-16,23-26,30-31,47H,17-22,28-29H2,1-2H3,(H,52,53). The molecule has 7 rings (SSSR count). The van der Waals surface area contributed by atoms with Crippen LogP contribution in [0.5, 0.6) is 23.0 Å². The maximum Gasteiger partial charge on any atom is 0.407 e. The van der Waals surface area contributed by atoms with E-state index in [-0.39, 0.29) is 27.9 Å². The molecule has 0 atom stereocenters. The minimum atomic E-state index is -4.28. The quantitative estimate of drug-likeness (QED) is 0.0894. The largest absolute Gasteiger partial charge is 0.497 e. The SMILES string of the molecule is COc1ccc(CN(c2ncns2)S(=O)(=O)c2ccc(Oc3ccc(-c4ccccc4)cc3-c3cccc(CNCCC4CCN(C(=O)O)CC4)c3)c(C#N)c2)c(OC)c1. The predicted molar refractivity (Wildman–Crippen MR) is 230 cm³/mol. The Hall–Kier alpha value is -6.47. The Morgan fingerprint density at radius 1 is 0.900 bits per heavy atom. The third-order valence-corrected chi connectivity index (χ3v) is 13.1. The van der Waals surface area contributed by atoms with Gasteiger partial charge in [-0.15, -0.1) is 0 Å². The van der Waals surface area contributed by atoms with Crippen molar-refractivity contribution in [3.63, 3.8) is 0 Å². The molecule has 2 heterocycles. The number of aromatic nitrogens is 2. The number of amides is 1. The van der Waals surface area contributed by atoms with E-state index >= 15 is 0 Å². The zero-order valence-corrected chi connectivity index (χ0v) is 34.8. The lowest BCUT2D eigenvalue weighted by Crippen LogP contribution is -2.38. The number of sulfonamides is 1. The van der Waals surface area contributed by atoms with Crippen molar-refractivity contribution in [2.45, 2.75) is 37.2 Å². The molecule has 1 aromatic heterocycles. The summed E-state index contributed by atoms with van der Waals surface area (Å²) in [5.41, 5.74) is 5.37. The molecule has 0 unspecified atom stereocenters. The topological polar surface area (TPSA) is 167 Å². The van der Waals surface area contributed by atoms with E-state index in [1.165, 1.54) is 43.6 Å². The van der Waals surface area contributed by atoms with Gasteiger partial charge in [0.2, 0.25) is 5.13 Å². The van der Waals surface area contributed by atoms with E-state index in [1.54, 1.807) is 18.2 Å². The molecule has 15 heteroatoms. The summed E-state index contributed by atoms with van der Waals surface area (Å²) in [6, 6.07) is 35.5. The van der Waals surface area contributed by atoms with Crippen LogP contribution in [0.1, 0.15) is 36.0 Å². The van der Waals surface area contributed by atoms with E-state index in [9.17, 15) is 23.6 Å². The van der Waals surface area contributed by atoms with Crippen molar-refractivity contribution in [3.8, 4) is 51.3 Å². The monoisotopic (exact) mass is 844 g/mol. The lowest BCUT2D eigenvalue weighted by atomic mass is 9.94. The Balaban J connectivity index is 1.14. The first-order valence-corrected chi connectivity index (χ1v) is 21.6. The highest BCUT2D eigenvalue weighted by Gasteiger charge is 2.30. The molecule has 0 saturated carbocycles. The molecule has 0 radical (unpaired) electrons. The van der Waals surface area contributed by atoms with Gasteiger partial charge in [0.15, 0.2) is 0 Å². The van der Waals surface area contributed by atoms with Crippen molar-refractivity contribution in [2.75, 3.05) is 38.2 Å². The minimum Gasteiger partial charge on any atom is -0.497 e. The fraction of sp³-hybridized carbons (Fsp3) is 0.244. The van der Waals surface area contributed by atoms with Crippen LogP contribution in [0.4, 0.5) is 9.93 Å². The van der Waals surface area contributed by atoms with Crippen LogP contribution in [0, 0.1) is 17.2 Å². The number of nitriles is 1. The Labute approximate surface area is 353 Å². The summed E-state index contributed by atoms with van der Waals surface area (Å²) in [6.07, 6.45) is 3.16. The van der Waals surface area contributed by atoms with Crippen molar-refractivity contribution < 1.29 is 32.5 Å². The molecule has 5 aromatic carbocycles. The van der Waals surface area contributed by atoms with Gasteiger partial charge in [0.25, 0.3) is 10.0 Å². The van der Waals surface area contributed by atoms with E-state index in [1.807, 2.05) is 54.6 Å². The Morgan fingerprint density at radius 3 is 2.40 bits per heavy atom. The first kappa shape index (κ1) is 41.7. The zero-order chi connectivity index (χ0) is 42.1. The molecule has 1 fully saturated rings. The summed E-state index contributed by atoms with van der Waals surface area (Å²) < 4.78 is 51.3. The highest BCUT2D eigenvalue weighted by molar-refractivity contribution is 7.93. The number of nitrogens with zero attached hydrogens (tertiary/aromatic N) is 5. The number of anilines is 1. The van der Waals surface area contributed by atoms with Gasteiger partial charge in [-0.05, 0) is 103 Å². The van der Waals surface area contributed by atoms with Gasteiger partial charge in [0, 0.05) is 48.4 Å². The normalized spacial score (nSPS) is 13.1. The number of ether oxygens (including phenoxy) is 3.